The van der Waals surface area contributed by atoms with Crippen molar-refractivity contribution in [1.29, 1.82) is 0 Å². The molecule has 1 aromatic heterocycles. The fraction of sp³-hybridized carbons (Fsp3) is 0.571. The van der Waals surface area contributed by atoms with E-state index in [9.17, 15) is 4.79 Å². The van der Waals surface area contributed by atoms with Crippen molar-refractivity contribution >= 4 is 16.8 Å². The molecule has 4 nitrogen and oxygen atoms in total. The fourth-order valence-corrected chi connectivity index (χ4v) is 4.06. The lowest BCUT2D eigenvalue weighted by Crippen LogP contribution is -2.38. The minimum absolute atomic E-state index is 0.235. The van der Waals surface area contributed by atoms with Crippen molar-refractivity contribution in [2.75, 3.05) is 6.54 Å². The minimum Gasteiger partial charge on any atom is -0.361 e. The van der Waals surface area contributed by atoms with Crippen LogP contribution in [0.5, 0.6) is 0 Å². The van der Waals surface area contributed by atoms with Gasteiger partial charge in [-0.15, -0.1) is 0 Å². The van der Waals surface area contributed by atoms with Crippen molar-refractivity contribution < 1.29 is 4.79 Å². The first-order chi connectivity index (χ1) is 12.3. The van der Waals surface area contributed by atoms with Crippen LogP contribution in [0.25, 0.3) is 10.9 Å². The number of amides is 1. The van der Waals surface area contributed by atoms with E-state index in [2.05, 4.69) is 39.5 Å². The van der Waals surface area contributed by atoms with Crippen LogP contribution in [0.2, 0.25) is 0 Å². The number of aromatic amines is 1. The third-order valence-electron chi connectivity index (χ3n) is 5.66. The summed E-state index contributed by atoms with van der Waals surface area (Å²) in [5.74, 6) is 0.235. The number of carbonyl (C=O) groups excluding carboxylic acids is 1. The Morgan fingerprint density at radius 1 is 1.12 bits per heavy atom. The maximum Gasteiger partial charge on any atom is 0.221 e. The minimum atomic E-state index is 0.235. The third-order valence-corrected chi connectivity index (χ3v) is 5.66. The van der Waals surface area contributed by atoms with Gasteiger partial charge in [0.1, 0.15) is 0 Å². The molecule has 1 heterocycles. The van der Waals surface area contributed by atoms with Crippen LogP contribution in [0.1, 0.15) is 56.9 Å². The molecule has 2 N–H and O–H groups in total. The van der Waals surface area contributed by atoms with E-state index in [1.54, 1.807) is 0 Å². The van der Waals surface area contributed by atoms with Crippen molar-refractivity contribution in [2.24, 2.45) is 0 Å². The molecule has 4 heteroatoms. The Morgan fingerprint density at radius 3 is 2.76 bits per heavy atom. The number of nitrogens with one attached hydrogen (secondary N) is 2. The maximum absolute atomic E-state index is 12.3. The summed E-state index contributed by atoms with van der Waals surface area (Å²) in [5, 5.41) is 4.52. The van der Waals surface area contributed by atoms with E-state index < -0.39 is 0 Å². The Bertz CT molecular complexity index is 713. The maximum atomic E-state index is 12.3. The Kier molecular flexibility index (Phi) is 5.07. The highest BCUT2D eigenvalue weighted by atomic mass is 16.1. The zero-order chi connectivity index (χ0) is 17.1. The van der Waals surface area contributed by atoms with E-state index in [0.717, 1.165) is 25.9 Å². The molecule has 0 bridgehead atoms. The van der Waals surface area contributed by atoms with Gasteiger partial charge >= 0.3 is 0 Å². The second-order valence-electron chi connectivity index (χ2n) is 7.75. The van der Waals surface area contributed by atoms with Crippen molar-refractivity contribution in [3.8, 4) is 0 Å². The predicted octanol–water partition coefficient (Wildman–Crippen LogP) is 3.97. The van der Waals surface area contributed by atoms with Gasteiger partial charge in [0.05, 0.1) is 0 Å². The number of carbonyl (C=O) groups is 1. The van der Waals surface area contributed by atoms with Crippen LogP contribution >= 0.6 is 0 Å². The Balaban J connectivity index is 1.31. The van der Waals surface area contributed by atoms with Gasteiger partial charge < -0.3 is 10.3 Å². The first-order valence-corrected chi connectivity index (χ1v) is 9.87. The molecule has 2 aromatic rings. The van der Waals surface area contributed by atoms with E-state index in [4.69, 9.17) is 0 Å². The predicted molar refractivity (Wildman–Crippen MR) is 101 cm³/mol. The normalized spacial score (nSPS) is 18.8. The quantitative estimate of drug-likeness (QED) is 0.802. The molecule has 2 fully saturated rings. The summed E-state index contributed by atoms with van der Waals surface area (Å²) in [7, 11) is 0. The van der Waals surface area contributed by atoms with E-state index in [1.165, 1.54) is 48.6 Å². The van der Waals surface area contributed by atoms with Crippen LogP contribution in [-0.4, -0.2) is 34.4 Å². The van der Waals surface area contributed by atoms with E-state index in [1.807, 2.05) is 6.20 Å². The highest BCUT2D eigenvalue weighted by molar-refractivity contribution is 5.80. The molecule has 25 heavy (non-hydrogen) atoms. The van der Waals surface area contributed by atoms with Crippen LogP contribution < -0.4 is 5.32 Å². The van der Waals surface area contributed by atoms with Crippen LogP contribution in [0, 0.1) is 0 Å². The Hall–Kier alpha value is -1.81. The Morgan fingerprint density at radius 2 is 1.96 bits per heavy atom. The third kappa shape index (κ3) is 4.43. The molecule has 0 saturated heterocycles. The van der Waals surface area contributed by atoms with Gasteiger partial charge in [0.15, 0.2) is 0 Å². The van der Waals surface area contributed by atoms with Crippen LogP contribution in [-0.2, 0) is 11.3 Å². The van der Waals surface area contributed by atoms with Crippen LogP contribution in [0.15, 0.2) is 30.5 Å². The summed E-state index contributed by atoms with van der Waals surface area (Å²) in [6.07, 6.45) is 11.3. The topological polar surface area (TPSA) is 48.1 Å². The molecule has 2 aliphatic carbocycles. The summed E-state index contributed by atoms with van der Waals surface area (Å²) in [5.41, 5.74) is 2.53. The number of hydrogen-bond donors (Lipinski definition) is 2. The average molecular weight is 339 g/mol. The lowest BCUT2D eigenvalue weighted by Gasteiger charge is -2.25. The summed E-state index contributed by atoms with van der Waals surface area (Å²) < 4.78 is 0. The van der Waals surface area contributed by atoms with Crippen molar-refractivity contribution in [3.05, 3.63) is 36.0 Å². The highest BCUT2D eigenvalue weighted by Gasteiger charge is 2.29. The largest absolute Gasteiger partial charge is 0.361 e. The second-order valence-corrected chi connectivity index (χ2v) is 7.75. The number of nitrogens with zero attached hydrogens (tertiary/aromatic N) is 1. The molecule has 1 amide bonds. The van der Waals surface area contributed by atoms with Gasteiger partial charge in [0.2, 0.25) is 5.91 Å². The molecule has 2 aliphatic rings. The van der Waals surface area contributed by atoms with Gasteiger partial charge in [-0.05, 0) is 54.8 Å². The lowest BCUT2D eigenvalue weighted by molar-refractivity contribution is -0.122. The standard InChI is InChI=1S/C21H29N3O/c25-21(23-18-4-2-1-3-5-18)11-13-24(19-7-8-19)15-16-6-9-20-17(14-16)10-12-22-20/h6,9-10,12,14,18-19,22H,1-5,7-8,11,13,15H2,(H,23,25). The molecule has 0 spiro atoms. The van der Waals surface area contributed by atoms with Gasteiger partial charge in [0.25, 0.3) is 0 Å². The number of aromatic nitrogens is 1. The molecule has 0 radical (unpaired) electrons. The molecule has 0 atom stereocenters. The molecule has 0 aliphatic heterocycles. The van der Waals surface area contributed by atoms with E-state index >= 15 is 0 Å². The van der Waals surface area contributed by atoms with Crippen molar-refractivity contribution in [1.82, 2.24) is 15.2 Å². The zero-order valence-corrected chi connectivity index (χ0v) is 15.0. The van der Waals surface area contributed by atoms with Gasteiger partial charge in [-0.2, -0.15) is 0 Å². The number of fused-ring (bicyclic) bond motifs is 1. The van der Waals surface area contributed by atoms with E-state index in [-0.39, 0.29) is 5.91 Å². The van der Waals surface area contributed by atoms with Crippen molar-refractivity contribution in [2.45, 2.75) is 70.0 Å². The van der Waals surface area contributed by atoms with Crippen molar-refractivity contribution in [3.63, 3.8) is 0 Å². The molecular formula is C21H29N3O. The summed E-state index contributed by atoms with van der Waals surface area (Å²) in [6, 6.07) is 9.85. The zero-order valence-electron chi connectivity index (χ0n) is 15.0. The highest BCUT2D eigenvalue weighted by Crippen LogP contribution is 2.29. The summed E-state index contributed by atoms with van der Waals surface area (Å²) in [4.78, 5) is 18.1. The second kappa shape index (κ2) is 7.61. The molecule has 0 unspecified atom stereocenters. The average Bonchev–Trinajstić information content (AvgIpc) is 3.37. The number of hydrogen-bond acceptors (Lipinski definition) is 2. The fourth-order valence-electron chi connectivity index (χ4n) is 4.06. The monoisotopic (exact) mass is 339 g/mol. The molecule has 134 valence electrons. The number of rotatable bonds is 7. The van der Waals surface area contributed by atoms with Crippen LogP contribution in [0.4, 0.5) is 0 Å². The SMILES string of the molecule is O=C(CCN(Cc1ccc2[nH]ccc2c1)C1CC1)NC1CCCCC1. The van der Waals surface area contributed by atoms with Crippen LogP contribution in [0.3, 0.4) is 0 Å². The van der Waals surface area contributed by atoms with Gasteiger partial charge in [-0.1, -0.05) is 25.3 Å². The number of H-pyrrole nitrogens is 1. The summed E-state index contributed by atoms with van der Waals surface area (Å²) in [6.45, 7) is 1.82. The molecule has 4 rings (SSSR count). The molecule has 2 saturated carbocycles. The molecule has 1 aromatic carbocycles. The molecular weight excluding hydrogens is 310 g/mol. The van der Waals surface area contributed by atoms with Gasteiger partial charge in [0, 0.05) is 43.3 Å². The smallest absolute Gasteiger partial charge is 0.221 e. The Labute approximate surface area is 150 Å². The first-order valence-electron chi connectivity index (χ1n) is 9.87. The lowest BCUT2D eigenvalue weighted by atomic mass is 9.95. The van der Waals surface area contributed by atoms with E-state index in [0.29, 0.717) is 18.5 Å². The van der Waals surface area contributed by atoms with Gasteiger partial charge in [-0.3, -0.25) is 9.69 Å². The first kappa shape index (κ1) is 16.6. The number of benzene rings is 1. The summed E-state index contributed by atoms with van der Waals surface area (Å²) >= 11 is 0. The van der Waals surface area contributed by atoms with Gasteiger partial charge in [-0.25, -0.2) is 0 Å².